The molecular weight excluding hydrogens is 446 g/mol. The maximum absolute atomic E-state index is 13.2. The molecule has 0 spiro atoms. The Morgan fingerprint density at radius 2 is 1.60 bits per heavy atom. The number of nitrogens with zero attached hydrogens (tertiary/aromatic N) is 1. The van der Waals surface area contributed by atoms with E-state index in [1.165, 1.54) is 19.1 Å². The molecule has 4 rings (SSSR count). The summed E-state index contributed by atoms with van der Waals surface area (Å²) in [5, 5.41) is 11.3. The van der Waals surface area contributed by atoms with E-state index in [9.17, 15) is 14.7 Å². The molecule has 0 saturated carbocycles. The summed E-state index contributed by atoms with van der Waals surface area (Å²) < 4.78 is 16.1. The Balaban J connectivity index is 1.79. The quantitative estimate of drug-likeness (QED) is 0.289. The SMILES string of the molecule is CCOc1ccc(CN2C(=O)C(=O)/C(=C(\O)c3ccc(OC)c(OC)c3)C2c2ccccc2)cc1. The van der Waals surface area contributed by atoms with E-state index in [-0.39, 0.29) is 17.9 Å². The fraction of sp³-hybridized carbons (Fsp3) is 0.214. The molecule has 35 heavy (non-hydrogen) atoms. The van der Waals surface area contributed by atoms with Crippen LogP contribution in [0, 0.1) is 0 Å². The van der Waals surface area contributed by atoms with Gasteiger partial charge in [-0.25, -0.2) is 0 Å². The van der Waals surface area contributed by atoms with E-state index >= 15 is 0 Å². The van der Waals surface area contributed by atoms with Crippen LogP contribution in [0.15, 0.2) is 78.4 Å². The summed E-state index contributed by atoms with van der Waals surface area (Å²) in [5.41, 5.74) is 1.93. The lowest BCUT2D eigenvalue weighted by Gasteiger charge is -2.25. The highest BCUT2D eigenvalue weighted by Gasteiger charge is 2.46. The number of methoxy groups -OCH3 is 2. The number of hydrogen-bond donors (Lipinski definition) is 1. The number of Topliss-reactive ketones (excluding diaryl/α,β-unsaturated/α-hetero) is 1. The van der Waals surface area contributed by atoms with Crippen LogP contribution >= 0.6 is 0 Å². The van der Waals surface area contributed by atoms with Gasteiger partial charge in [0.2, 0.25) is 0 Å². The van der Waals surface area contributed by atoms with Crippen molar-refractivity contribution in [2.75, 3.05) is 20.8 Å². The summed E-state index contributed by atoms with van der Waals surface area (Å²) in [7, 11) is 3.00. The molecule has 3 aromatic rings. The predicted octanol–water partition coefficient (Wildman–Crippen LogP) is 4.72. The monoisotopic (exact) mass is 473 g/mol. The minimum Gasteiger partial charge on any atom is -0.507 e. The minimum absolute atomic E-state index is 0.0272. The number of benzene rings is 3. The van der Waals surface area contributed by atoms with Crippen molar-refractivity contribution in [3.63, 3.8) is 0 Å². The Labute approximate surface area is 204 Å². The zero-order valence-electron chi connectivity index (χ0n) is 19.9. The van der Waals surface area contributed by atoms with Gasteiger partial charge in [0.1, 0.15) is 11.5 Å². The van der Waals surface area contributed by atoms with E-state index < -0.39 is 17.7 Å². The highest BCUT2D eigenvalue weighted by molar-refractivity contribution is 6.46. The van der Waals surface area contributed by atoms with Crippen LogP contribution in [0.25, 0.3) is 5.76 Å². The van der Waals surface area contributed by atoms with Gasteiger partial charge in [0.05, 0.1) is 32.4 Å². The van der Waals surface area contributed by atoms with Gasteiger partial charge in [-0.3, -0.25) is 9.59 Å². The van der Waals surface area contributed by atoms with Crippen LogP contribution in [-0.2, 0) is 16.1 Å². The van der Waals surface area contributed by atoms with Crippen molar-refractivity contribution in [2.24, 2.45) is 0 Å². The van der Waals surface area contributed by atoms with E-state index in [4.69, 9.17) is 14.2 Å². The van der Waals surface area contributed by atoms with Crippen LogP contribution < -0.4 is 14.2 Å². The Kier molecular flexibility index (Phi) is 7.06. The van der Waals surface area contributed by atoms with Gasteiger partial charge in [0.25, 0.3) is 11.7 Å². The van der Waals surface area contributed by atoms with E-state index in [0.717, 1.165) is 16.9 Å². The zero-order chi connectivity index (χ0) is 24.9. The smallest absolute Gasteiger partial charge is 0.295 e. The van der Waals surface area contributed by atoms with Crippen molar-refractivity contribution in [3.05, 3.63) is 95.1 Å². The van der Waals surface area contributed by atoms with Gasteiger partial charge < -0.3 is 24.2 Å². The third-order valence-electron chi connectivity index (χ3n) is 5.90. The number of likely N-dealkylation sites (tertiary alicyclic amines) is 1. The largest absolute Gasteiger partial charge is 0.507 e. The van der Waals surface area contributed by atoms with Crippen molar-refractivity contribution in [2.45, 2.75) is 19.5 Å². The van der Waals surface area contributed by atoms with Crippen LogP contribution in [-0.4, -0.2) is 42.5 Å². The van der Waals surface area contributed by atoms with Crippen LogP contribution in [0.2, 0.25) is 0 Å². The molecule has 1 amide bonds. The van der Waals surface area contributed by atoms with Crippen molar-refractivity contribution in [1.29, 1.82) is 0 Å². The number of amides is 1. The van der Waals surface area contributed by atoms with Crippen molar-refractivity contribution < 1.29 is 28.9 Å². The van der Waals surface area contributed by atoms with Gasteiger partial charge in [0, 0.05) is 12.1 Å². The van der Waals surface area contributed by atoms with Crippen LogP contribution in [0.4, 0.5) is 0 Å². The van der Waals surface area contributed by atoms with E-state index in [0.29, 0.717) is 23.7 Å². The summed E-state index contributed by atoms with van der Waals surface area (Å²) in [6, 6.07) is 20.7. The molecule has 1 atom stereocenters. The van der Waals surface area contributed by atoms with Crippen molar-refractivity contribution in [3.8, 4) is 17.2 Å². The topological polar surface area (TPSA) is 85.3 Å². The number of rotatable bonds is 8. The molecule has 0 bridgehead atoms. The first-order valence-electron chi connectivity index (χ1n) is 11.3. The van der Waals surface area contributed by atoms with Gasteiger partial charge in [-0.2, -0.15) is 0 Å². The second-order valence-electron chi connectivity index (χ2n) is 7.98. The van der Waals surface area contributed by atoms with Gasteiger partial charge in [-0.05, 0) is 48.4 Å². The number of ketones is 1. The number of ether oxygens (including phenoxy) is 3. The standard InChI is InChI=1S/C28H27NO6/c1-4-35-21-13-10-18(11-14-21)17-29-25(19-8-6-5-7-9-19)24(27(31)28(29)32)26(30)20-12-15-22(33-2)23(16-20)34-3/h5-16,25,30H,4,17H2,1-3H3/b26-24-. The highest BCUT2D eigenvalue weighted by Crippen LogP contribution is 2.41. The second kappa shape index (κ2) is 10.3. The molecule has 0 aromatic heterocycles. The second-order valence-corrected chi connectivity index (χ2v) is 7.98. The average molecular weight is 474 g/mol. The van der Waals surface area contributed by atoms with Crippen LogP contribution in [0.5, 0.6) is 17.2 Å². The fourth-order valence-corrected chi connectivity index (χ4v) is 4.22. The molecule has 1 unspecified atom stereocenters. The molecule has 1 N–H and O–H groups in total. The van der Waals surface area contributed by atoms with Crippen LogP contribution in [0.3, 0.4) is 0 Å². The Bertz CT molecular complexity index is 1250. The number of aliphatic hydroxyl groups is 1. The summed E-state index contributed by atoms with van der Waals surface area (Å²) >= 11 is 0. The first kappa shape index (κ1) is 23.9. The van der Waals surface area contributed by atoms with Crippen LogP contribution in [0.1, 0.15) is 29.7 Å². The summed E-state index contributed by atoms with van der Waals surface area (Å²) in [5.74, 6) is -0.0680. The third kappa shape index (κ3) is 4.71. The normalized spacial score (nSPS) is 16.9. The first-order valence-corrected chi connectivity index (χ1v) is 11.3. The third-order valence-corrected chi connectivity index (χ3v) is 5.90. The summed E-state index contributed by atoms with van der Waals surface area (Å²) in [6.07, 6.45) is 0. The molecule has 7 heteroatoms. The van der Waals surface area contributed by atoms with Gasteiger partial charge in [-0.1, -0.05) is 42.5 Å². The maximum Gasteiger partial charge on any atom is 0.295 e. The molecule has 0 radical (unpaired) electrons. The predicted molar refractivity (Wildman–Crippen MR) is 131 cm³/mol. The highest BCUT2D eigenvalue weighted by atomic mass is 16.5. The Hall–Kier alpha value is -4.26. The van der Waals surface area contributed by atoms with E-state index in [2.05, 4.69) is 0 Å². The number of hydrogen-bond acceptors (Lipinski definition) is 6. The molecule has 7 nitrogen and oxygen atoms in total. The molecule has 180 valence electrons. The Morgan fingerprint density at radius 1 is 0.914 bits per heavy atom. The molecule has 0 aliphatic carbocycles. The number of carbonyl (C=O) groups excluding carboxylic acids is 2. The summed E-state index contributed by atoms with van der Waals surface area (Å²) in [6.45, 7) is 2.66. The van der Waals surface area contributed by atoms with Gasteiger partial charge in [-0.15, -0.1) is 0 Å². The van der Waals surface area contributed by atoms with E-state index in [1.807, 2.05) is 61.5 Å². The lowest BCUT2D eigenvalue weighted by atomic mass is 9.95. The lowest BCUT2D eigenvalue weighted by Crippen LogP contribution is -2.29. The maximum atomic E-state index is 13.2. The van der Waals surface area contributed by atoms with Crippen molar-refractivity contribution >= 4 is 17.4 Å². The van der Waals surface area contributed by atoms with E-state index in [1.54, 1.807) is 18.2 Å². The minimum atomic E-state index is -0.754. The van der Waals surface area contributed by atoms with Crippen molar-refractivity contribution in [1.82, 2.24) is 4.90 Å². The number of carbonyl (C=O) groups is 2. The molecule has 3 aromatic carbocycles. The number of aliphatic hydroxyl groups excluding tert-OH is 1. The molecule has 1 saturated heterocycles. The molecule has 1 fully saturated rings. The van der Waals surface area contributed by atoms with Gasteiger partial charge in [0.15, 0.2) is 11.5 Å². The Morgan fingerprint density at radius 3 is 2.23 bits per heavy atom. The average Bonchev–Trinajstić information content (AvgIpc) is 3.14. The summed E-state index contributed by atoms with van der Waals surface area (Å²) in [4.78, 5) is 27.9. The fourth-order valence-electron chi connectivity index (χ4n) is 4.22. The van der Waals surface area contributed by atoms with Gasteiger partial charge >= 0.3 is 0 Å². The molecule has 1 aliphatic heterocycles. The zero-order valence-corrected chi connectivity index (χ0v) is 19.9. The molecule has 1 aliphatic rings. The molecule has 1 heterocycles. The molecular formula is C28H27NO6. The first-order chi connectivity index (χ1) is 17.0. The lowest BCUT2D eigenvalue weighted by molar-refractivity contribution is -0.140.